The van der Waals surface area contributed by atoms with Crippen LogP contribution >= 0.6 is 27.5 Å². The lowest BCUT2D eigenvalue weighted by molar-refractivity contribution is 0.0696. The average Bonchev–Trinajstić information content (AvgIpc) is 2.42. The fourth-order valence-electron chi connectivity index (χ4n) is 1.59. The third-order valence-corrected chi connectivity index (χ3v) is 3.38. The molecule has 2 rings (SSSR count). The van der Waals surface area contributed by atoms with Gasteiger partial charge in [-0.1, -0.05) is 34.5 Å². The zero-order valence-electron chi connectivity index (χ0n) is 10.6. The number of pyridine rings is 1. The highest BCUT2D eigenvalue weighted by Gasteiger charge is 2.11. The van der Waals surface area contributed by atoms with Gasteiger partial charge in [0.1, 0.15) is 5.75 Å². The molecule has 4 nitrogen and oxygen atoms in total. The van der Waals surface area contributed by atoms with Crippen molar-refractivity contribution in [3.8, 4) is 11.6 Å². The maximum atomic E-state index is 11.1. The largest absolute Gasteiger partial charge is 0.478 e. The molecule has 20 heavy (non-hydrogen) atoms. The Labute approximate surface area is 129 Å². The Kier molecular flexibility index (Phi) is 4.62. The minimum absolute atomic E-state index is 0.137. The monoisotopic (exact) mass is 355 g/mol. The first-order valence-corrected chi connectivity index (χ1v) is 7.04. The molecule has 0 aliphatic carbocycles. The number of halogens is 2. The number of benzene rings is 1. The van der Waals surface area contributed by atoms with Gasteiger partial charge in [-0.05, 0) is 30.7 Å². The van der Waals surface area contributed by atoms with Crippen LogP contribution in [-0.2, 0) is 6.42 Å². The van der Waals surface area contributed by atoms with Crippen LogP contribution in [0.25, 0.3) is 0 Å². The lowest BCUT2D eigenvalue weighted by atomic mass is 10.2. The molecule has 0 spiro atoms. The zero-order valence-corrected chi connectivity index (χ0v) is 12.9. The molecule has 1 heterocycles. The van der Waals surface area contributed by atoms with Crippen molar-refractivity contribution in [2.75, 3.05) is 0 Å². The number of carboxylic acids is 1. The Morgan fingerprint density at radius 2 is 2.15 bits per heavy atom. The molecule has 0 bridgehead atoms. The van der Waals surface area contributed by atoms with E-state index in [0.29, 0.717) is 22.9 Å². The standard InChI is InChI=1S/C14H11BrClNO3/c1-2-10-5-8(14(18)19)6-13(17-10)20-12-7-9(15)3-4-11(12)16/h3-7H,2H2,1H3,(H,18,19). The quantitative estimate of drug-likeness (QED) is 0.873. The molecule has 0 saturated carbocycles. The van der Waals surface area contributed by atoms with E-state index >= 15 is 0 Å². The van der Waals surface area contributed by atoms with Crippen molar-refractivity contribution in [1.29, 1.82) is 0 Å². The number of aryl methyl sites for hydroxylation is 1. The van der Waals surface area contributed by atoms with Gasteiger partial charge >= 0.3 is 5.97 Å². The molecule has 1 aromatic heterocycles. The van der Waals surface area contributed by atoms with E-state index in [1.165, 1.54) is 12.1 Å². The second kappa shape index (κ2) is 6.24. The number of ether oxygens (including phenoxy) is 1. The highest BCUT2D eigenvalue weighted by atomic mass is 79.9. The van der Waals surface area contributed by atoms with Crippen LogP contribution in [0.2, 0.25) is 5.02 Å². The van der Waals surface area contributed by atoms with Gasteiger partial charge in [-0.15, -0.1) is 0 Å². The summed E-state index contributed by atoms with van der Waals surface area (Å²) in [6.07, 6.45) is 0.615. The molecule has 6 heteroatoms. The van der Waals surface area contributed by atoms with Crippen LogP contribution in [0.15, 0.2) is 34.8 Å². The first-order valence-electron chi connectivity index (χ1n) is 5.86. The third-order valence-electron chi connectivity index (χ3n) is 2.57. The lowest BCUT2D eigenvalue weighted by Gasteiger charge is -2.09. The second-order valence-electron chi connectivity index (χ2n) is 4.02. The van der Waals surface area contributed by atoms with Gasteiger partial charge in [0.05, 0.1) is 10.6 Å². The fourth-order valence-corrected chi connectivity index (χ4v) is 2.08. The van der Waals surface area contributed by atoms with E-state index in [1.54, 1.807) is 18.2 Å². The molecule has 0 unspecified atom stereocenters. The van der Waals surface area contributed by atoms with Gasteiger partial charge in [0.25, 0.3) is 0 Å². The van der Waals surface area contributed by atoms with E-state index in [9.17, 15) is 4.79 Å². The lowest BCUT2D eigenvalue weighted by Crippen LogP contribution is -2.01. The molecule has 2 aromatic rings. The van der Waals surface area contributed by atoms with Gasteiger partial charge in [0.2, 0.25) is 5.88 Å². The summed E-state index contributed by atoms with van der Waals surface area (Å²) in [4.78, 5) is 15.3. The molecule has 0 saturated heterocycles. The molecular formula is C14H11BrClNO3. The minimum Gasteiger partial charge on any atom is -0.478 e. The number of hydrogen-bond donors (Lipinski definition) is 1. The van der Waals surface area contributed by atoms with Gasteiger partial charge in [-0.3, -0.25) is 0 Å². The number of aromatic nitrogens is 1. The van der Waals surface area contributed by atoms with Crippen LogP contribution in [0.1, 0.15) is 23.0 Å². The molecule has 0 fully saturated rings. The van der Waals surface area contributed by atoms with Crippen molar-refractivity contribution in [1.82, 2.24) is 4.98 Å². The molecule has 0 aliphatic rings. The Morgan fingerprint density at radius 3 is 2.80 bits per heavy atom. The van der Waals surface area contributed by atoms with Gasteiger partial charge < -0.3 is 9.84 Å². The SMILES string of the molecule is CCc1cc(C(=O)O)cc(Oc2cc(Br)ccc2Cl)n1. The van der Waals surface area contributed by atoms with Gasteiger partial charge in [-0.25, -0.2) is 9.78 Å². The Balaban J connectivity index is 2.39. The summed E-state index contributed by atoms with van der Waals surface area (Å²) in [5.74, 6) is -0.396. The topological polar surface area (TPSA) is 59.4 Å². The fraction of sp³-hybridized carbons (Fsp3) is 0.143. The van der Waals surface area contributed by atoms with Crippen LogP contribution in [-0.4, -0.2) is 16.1 Å². The van der Waals surface area contributed by atoms with Crippen LogP contribution < -0.4 is 4.74 Å². The highest BCUT2D eigenvalue weighted by Crippen LogP contribution is 2.31. The zero-order chi connectivity index (χ0) is 14.7. The summed E-state index contributed by atoms with van der Waals surface area (Å²) in [6.45, 7) is 1.89. The Bertz CT molecular complexity index is 661. The first-order chi connectivity index (χ1) is 9.49. The number of aromatic carboxylic acids is 1. The molecule has 1 aromatic carbocycles. The molecule has 0 amide bonds. The number of rotatable bonds is 4. The number of carbonyl (C=O) groups is 1. The maximum absolute atomic E-state index is 11.1. The van der Waals surface area contributed by atoms with Gasteiger partial charge in [0.15, 0.2) is 0 Å². The smallest absolute Gasteiger partial charge is 0.335 e. The van der Waals surface area contributed by atoms with Crippen LogP contribution in [0, 0.1) is 0 Å². The first kappa shape index (κ1) is 14.8. The number of nitrogens with zero attached hydrogens (tertiary/aromatic N) is 1. The van der Waals surface area contributed by atoms with Crippen molar-refractivity contribution in [3.63, 3.8) is 0 Å². The van der Waals surface area contributed by atoms with E-state index in [4.69, 9.17) is 21.4 Å². The van der Waals surface area contributed by atoms with E-state index in [1.807, 2.05) is 6.92 Å². The summed E-state index contributed by atoms with van der Waals surface area (Å²) in [6, 6.07) is 8.07. The number of hydrogen-bond acceptors (Lipinski definition) is 3. The second-order valence-corrected chi connectivity index (χ2v) is 5.34. The van der Waals surface area contributed by atoms with E-state index in [0.717, 1.165) is 4.47 Å². The maximum Gasteiger partial charge on any atom is 0.335 e. The summed E-state index contributed by atoms with van der Waals surface area (Å²) < 4.78 is 6.39. The van der Waals surface area contributed by atoms with Crippen LogP contribution in [0.5, 0.6) is 11.6 Å². The summed E-state index contributed by atoms with van der Waals surface area (Å²) in [5.41, 5.74) is 0.781. The Hall–Kier alpha value is -1.59. The molecular weight excluding hydrogens is 346 g/mol. The predicted molar refractivity (Wildman–Crippen MR) is 79.8 cm³/mol. The molecule has 0 aliphatic heterocycles. The summed E-state index contributed by atoms with van der Waals surface area (Å²) in [5, 5.41) is 9.50. The van der Waals surface area contributed by atoms with Crippen molar-refractivity contribution >= 4 is 33.5 Å². The van der Waals surface area contributed by atoms with E-state index in [2.05, 4.69) is 20.9 Å². The summed E-state index contributed by atoms with van der Waals surface area (Å²) >= 11 is 9.35. The average molecular weight is 357 g/mol. The van der Waals surface area contributed by atoms with Crippen LogP contribution in [0.4, 0.5) is 0 Å². The van der Waals surface area contributed by atoms with Gasteiger partial charge in [0, 0.05) is 16.2 Å². The van der Waals surface area contributed by atoms with Crippen molar-refractivity contribution < 1.29 is 14.6 Å². The number of carboxylic acid groups (broad SMARTS) is 1. The molecule has 0 atom stereocenters. The van der Waals surface area contributed by atoms with Crippen molar-refractivity contribution in [3.05, 3.63) is 51.1 Å². The van der Waals surface area contributed by atoms with Gasteiger partial charge in [-0.2, -0.15) is 0 Å². The van der Waals surface area contributed by atoms with Crippen molar-refractivity contribution in [2.45, 2.75) is 13.3 Å². The van der Waals surface area contributed by atoms with E-state index < -0.39 is 5.97 Å². The third kappa shape index (κ3) is 3.49. The summed E-state index contributed by atoms with van der Waals surface area (Å²) in [7, 11) is 0. The van der Waals surface area contributed by atoms with Crippen molar-refractivity contribution in [2.24, 2.45) is 0 Å². The predicted octanol–water partition coefficient (Wildman–Crippen LogP) is 4.55. The minimum atomic E-state index is -1.02. The molecule has 0 radical (unpaired) electrons. The highest BCUT2D eigenvalue weighted by molar-refractivity contribution is 9.10. The van der Waals surface area contributed by atoms with Crippen LogP contribution in [0.3, 0.4) is 0 Å². The van der Waals surface area contributed by atoms with E-state index in [-0.39, 0.29) is 11.4 Å². The molecule has 104 valence electrons. The molecule has 1 N–H and O–H groups in total. The normalized spacial score (nSPS) is 10.3. The Morgan fingerprint density at radius 1 is 1.40 bits per heavy atom.